The summed E-state index contributed by atoms with van der Waals surface area (Å²) in [5, 5.41) is 4.89. The van der Waals surface area contributed by atoms with Gasteiger partial charge < -0.3 is 15.5 Å². The highest BCUT2D eigenvalue weighted by Crippen LogP contribution is 2.38. The quantitative estimate of drug-likeness (QED) is 0.271. The Morgan fingerprint density at radius 1 is 0.929 bits per heavy atom. The van der Waals surface area contributed by atoms with E-state index in [1.807, 2.05) is 0 Å². The summed E-state index contributed by atoms with van der Waals surface area (Å²) in [5.41, 5.74) is -3.44. The van der Waals surface area contributed by atoms with Crippen molar-refractivity contribution >= 4 is 44.9 Å². The third-order valence-electron chi connectivity index (χ3n) is 6.53. The van der Waals surface area contributed by atoms with E-state index in [-0.39, 0.29) is 28.4 Å². The first-order valence-electron chi connectivity index (χ1n) is 12.1. The molecule has 222 valence electrons. The molecule has 5 amide bonds. The maximum atomic E-state index is 14.1. The fraction of sp³-hybridized carbons (Fsp3) is 0.222. The molecule has 0 saturated carbocycles. The first-order chi connectivity index (χ1) is 19.4. The second kappa shape index (κ2) is 10.7. The van der Waals surface area contributed by atoms with Crippen LogP contribution in [0, 0.1) is 11.6 Å². The van der Waals surface area contributed by atoms with Gasteiger partial charge in [-0.3, -0.25) is 4.79 Å². The Labute approximate surface area is 236 Å². The summed E-state index contributed by atoms with van der Waals surface area (Å²) in [6.07, 6.45) is -4.06. The van der Waals surface area contributed by atoms with E-state index in [0.29, 0.717) is 17.0 Å². The number of carbonyl (C=O) groups is 3. The topological polar surface area (TPSA) is 116 Å². The molecule has 1 aliphatic heterocycles. The van der Waals surface area contributed by atoms with Crippen molar-refractivity contribution in [3.8, 4) is 0 Å². The maximum absolute atomic E-state index is 14.1. The molecule has 2 N–H and O–H groups in total. The van der Waals surface area contributed by atoms with Gasteiger partial charge >= 0.3 is 18.2 Å². The highest BCUT2D eigenvalue weighted by atomic mass is 32.2. The van der Waals surface area contributed by atoms with E-state index in [2.05, 4.69) is 10.6 Å². The zero-order valence-electron chi connectivity index (χ0n) is 22.2. The summed E-state index contributed by atoms with van der Waals surface area (Å²) >= 11 is 0. The summed E-state index contributed by atoms with van der Waals surface area (Å²) in [6.45, 7) is 2.33. The van der Waals surface area contributed by atoms with Crippen LogP contribution in [0.15, 0.2) is 65.6 Å². The van der Waals surface area contributed by atoms with Crippen LogP contribution in [0.3, 0.4) is 0 Å². The first-order valence-corrected chi connectivity index (χ1v) is 14.0. The average Bonchev–Trinajstić information content (AvgIpc) is 3.04. The molecule has 1 saturated heterocycles. The number of sulfone groups is 1. The number of hydrogen-bond donors (Lipinski definition) is 2. The van der Waals surface area contributed by atoms with Gasteiger partial charge in [0, 0.05) is 11.9 Å². The van der Waals surface area contributed by atoms with Gasteiger partial charge in [-0.05, 0) is 74.0 Å². The Hall–Kier alpha value is -4.53. The molecule has 3 aromatic carbocycles. The Morgan fingerprint density at radius 3 is 2.17 bits per heavy atom. The van der Waals surface area contributed by atoms with Crippen LogP contribution >= 0.6 is 0 Å². The Kier molecular flexibility index (Phi) is 7.76. The molecule has 1 aliphatic rings. The lowest BCUT2D eigenvalue weighted by molar-refractivity contribution is -0.140. The van der Waals surface area contributed by atoms with E-state index in [1.54, 1.807) is 0 Å². The number of urea groups is 2. The molecule has 0 bridgehead atoms. The number of hydrogen-bond acceptors (Lipinski definition) is 5. The van der Waals surface area contributed by atoms with Crippen LogP contribution < -0.4 is 15.5 Å². The normalized spacial score (nSPS) is 15.2. The number of carbonyl (C=O) groups excluding carboxylic acids is 3. The molecule has 15 heteroatoms. The summed E-state index contributed by atoms with van der Waals surface area (Å²) in [7, 11) is -3.47. The average molecular weight is 611 g/mol. The lowest BCUT2D eigenvalue weighted by atomic mass is 10.0. The molecule has 0 radical (unpaired) electrons. The summed E-state index contributed by atoms with van der Waals surface area (Å²) in [4.78, 5) is 40.8. The predicted octanol–water partition coefficient (Wildman–Crippen LogP) is 5.78. The van der Waals surface area contributed by atoms with Gasteiger partial charge in [0.15, 0.2) is 9.84 Å². The molecule has 1 heterocycles. The summed E-state index contributed by atoms with van der Waals surface area (Å²) in [6, 6.07) is 8.38. The lowest BCUT2D eigenvalue weighted by Gasteiger charge is -2.28. The van der Waals surface area contributed by atoms with Gasteiger partial charge in [-0.1, -0.05) is 6.07 Å². The number of anilines is 3. The third kappa shape index (κ3) is 6.05. The van der Waals surface area contributed by atoms with Crippen LogP contribution in [0.2, 0.25) is 0 Å². The van der Waals surface area contributed by atoms with Crippen LogP contribution in [-0.4, -0.2) is 43.1 Å². The molecule has 3 aromatic rings. The molecule has 42 heavy (non-hydrogen) atoms. The molecule has 0 aliphatic carbocycles. The van der Waals surface area contributed by atoms with Gasteiger partial charge in [0.25, 0.3) is 5.91 Å². The zero-order chi connectivity index (χ0) is 31.2. The molecular formula is C27H23F5N4O5S. The molecule has 0 spiro atoms. The second-order valence-electron chi connectivity index (χ2n) is 9.91. The van der Waals surface area contributed by atoms with E-state index >= 15 is 0 Å². The fourth-order valence-corrected chi connectivity index (χ4v) is 4.87. The minimum Gasteiger partial charge on any atom is -0.308 e. The van der Waals surface area contributed by atoms with Crippen molar-refractivity contribution in [1.82, 2.24) is 4.90 Å². The Bertz CT molecular complexity index is 1690. The molecule has 4 rings (SSSR count). The molecule has 1 fully saturated rings. The molecular weight excluding hydrogens is 587 g/mol. The van der Waals surface area contributed by atoms with Crippen LogP contribution in [0.5, 0.6) is 0 Å². The molecule has 9 nitrogen and oxygen atoms in total. The number of amides is 5. The van der Waals surface area contributed by atoms with Gasteiger partial charge in [-0.2, -0.15) is 13.2 Å². The number of imide groups is 1. The number of rotatable bonds is 6. The van der Waals surface area contributed by atoms with Gasteiger partial charge in [0.05, 0.1) is 28.4 Å². The van der Waals surface area contributed by atoms with Crippen molar-refractivity contribution < 1.29 is 44.8 Å². The minimum atomic E-state index is -5.08. The zero-order valence-corrected chi connectivity index (χ0v) is 23.0. The van der Waals surface area contributed by atoms with Gasteiger partial charge in [-0.15, -0.1) is 0 Å². The number of nitrogens with zero attached hydrogens (tertiary/aromatic N) is 2. The predicted molar refractivity (Wildman–Crippen MR) is 142 cm³/mol. The van der Waals surface area contributed by atoms with Crippen LogP contribution in [0.1, 0.15) is 25.0 Å². The summed E-state index contributed by atoms with van der Waals surface area (Å²) < 4.78 is 91.1. The van der Waals surface area contributed by atoms with Crippen molar-refractivity contribution in [3.05, 3.63) is 83.4 Å². The SMILES string of the molecule is CC1(C)C(=O)N(c2ccc(F)c(C(F)(F)F)c2)C(=O)N1Cc1ccc(F)cc1NC(=O)Nc1ccc(S(C)(=O)=O)cc1. The molecule has 0 unspecified atom stereocenters. The van der Waals surface area contributed by atoms with Crippen LogP contribution in [-0.2, 0) is 27.4 Å². The number of alkyl halides is 3. The summed E-state index contributed by atoms with van der Waals surface area (Å²) in [5.74, 6) is -3.21. The van der Waals surface area contributed by atoms with Crippen molar-refractivity contribution in [2.75, 3.05) is 21.8 Å². The monoisotopic (exact) mass is 610 g/mol. The fourth-order valence-electron chi connectivity index (χ4n) is 4.24. The maximum Gasteiger partial charge on any atom is 0.419 e. The van der Waals surface area contributed by atoms with Crippen molar-refractivity contribution in [2.45, 2.75) is 37.0 Å². The van der Waals surface area contributed by atoms with Crippen molar-refractivity contribution in [2.24, 2.45) is 0 Å². The van der Waals surface area contributed by atoms with E-state index in [9.17, 15) is 44.8 Å². The third-order valence-corrected chi connectivity index (χ3v) is 7.65. The van der Waals surface area contributed by atoms with Gasteiger partial charge in [0.1, 0.15) is 17.2 Å². The van der Waals surface area contributed by atoms with E-state index in [4.69, 9.17) is 0 Å². The van der Waals surface area contributed by atoms with Crippen LogP contribution in [0.4, 0.5) is 48.6 Å². The standard InChI is InChI=1S/C27H23F5N4O5S/c1-26(2)23(37)36(18-8-11-21(29)20(13-18)27(30,31)32)25(39)35(26)14-15-4-5-16(28)12-22(15)34-24(38)33-17-6-9-19(10-7-17)42(3,40)41/h4-13H,14H2,1-3H3,(H2,33,34,38). The first kappa shape index (κ1) is 30.4. The highest BCUT2D eigenvalue weighted by Gasteiger charge is 2.52. The highest BCUT2D eigenvalue weighted by molar-refractivity contribution is 7.90. The van der Waals surface area contributed by atoms with Crippen LogP contribution in [0.25, 0.3) is 0 Å². The van der Waals surface area contributed by atoms with E-state index < -0.39 is 62.4 Å². The number of benzene rings is 3. The smallest absolute Gasteiger partial charge is 0.308 e. The van der Waals surface area contributed by atoms with Gasteiger partial charge in [-0.25, -0.2) is 31.7 Å². The van der Waals surface area contributed by atoms with Crippen molar-refractivity contribution in [3.63, 3.8) is 0 Å². The Balaban J connectivity index is 1.59. The van der Waals surface area contributed by atoms with Crippen molar-refractivity contribution in [1.29, 1.82) is 0 Å². The minimum absolute atomic E-state index is 0.0256. The van der Waals surface area contributed by atoms with E-state index in [1.165, 1.54) is 44.2 Å². The molecule has 0 atom stereocenters. The Morgan fingerprint density at radius 2 is 1.57 bits per heavy atom. The number of nitrogens with one attached hydrogen (secondary N) is 2. The van der Waals surface area contributed by atoms with Gasteiger partial charge in [0.2, 0.25) is 0 Å². The lowest BCUT2D eigenvalue weighted by Crippen LogP contribution is -2.43. The largest absolute Gasteiger partial charge is 0.419 e. The van der Waals surface area contributed by atoms with E-state index in [0.717, 1.165) is 29.4 Å². The second-order valence-corrected chi connectivity index (χ2v) is 11.9. The number of halogens is 5. The molecule has 0 aromatic heterocycles.